The Kier molecular flexibility index (Phi) is 4.17. The standard InChI is InChI=1S/C16H19NO2/c1-11-7-12(2)9-13(8-11)10-15(18)14-5-4-6-17-16(14)19-3/h4-9,15,18H,10H2,1-3H3. The number of aromatic nitrogens is 1. The Morgan fingerprint density at radius 3 is 2.53 bits per heavy atom. The summed E-state index contributed by atoms with van der Waals surface area (Å²) in [4.78, 5) is 4.11. The van der Waals surface area contributed by atoms with Gasteiger partial charge in [0.1, 0.15) is 0 Å². The normalized spacial score (nSPS) is 12.2. The van der Waals surface area contributed by atoms with Crippen LogP contribution in [0, 0.1) is 13.8 Å². The first-order valence-electron chi connectivity index (χ1n) is 6.34. The van der Waals surface area contributed by atoms with E-state index >= 15 is 0 Å². The topological polar surface area (TPSA) is 42.4 Å². The zero-order chi connectivity index (χ0) is 13.8. The van der Waals surface area contributed by atoms with Crippen LogP contribution in [-0.4, -0.2) is 17.2 Å². The third kappa shape index (κ3) is 3.32. The molecule has 1 aromatic heterocycles. The van der Waals surface area contributed by atoms with Crippen molar-refractivity contribution < 1.29 is 9.84 Å². The summed E-state index contributed by atoms with van der Waals surface area (Å²) in [6.07, 6.45) is 1.61. The molecule has 1 N–H and O–H groups in total. The molecule has 2 aromatic rings. The Bertz CT molecular complexity index is 546. The summed E-state index contributed by atoms with van der Waals surface area (Å²) in [6, 6.07) is 9.97. The molecule has 1 heterocycles. The molecule has 0 spiro atoms. The Morgan fingerprint density at radius 2 is 1.89 bits per heavy atom. The first-order chi connectivity index (χ1) is 9.10. The van der Waals surface area contributed by atoms with Crippen LogP contribution >= 0.6 is 0 Å². The predicted molar refractivity (Wildman–Crippen MR) is 75.4 cm³/mol. The van der Waals surface area contributed by atoms with Crippen molar-refractivity contribution in [2.24, 2.45) is 0 Å². The molecular weight excluding hydrogens is 238 g/mol. The molecule has 100 valence electrons. The fourth-order valence-corrected chi connectivity index (χ4v) is 2.35. The molecule has 0 radical (unpaired) electrons. The summed E-state index contributed by atoms with van der Waals surface area (Å²) in [5, 5.41) is 10.3. The molecule has 0 fully saturated rings. The van der Waals surface area contributed by atoms with E-state index in [0.29, 0.717) is 12.3 Å². The Balaban J connectivity index is 2.22. The molecule has 0 aliphatic carbocycles. The SMILES string of the molecule is COc1ncccc1C(O)Cc1cc(C)cc(C)c1. The highest BCUT2D eigenvalue weighted by Crippen LogP contribution is 2.25. The predicted octanol–water partition coefficient (Wildman–Crippen LogP) is 2.98. The highest BCUT2D eigenvalue weighted by Gasteiger charge is 2.14. The van der Waals surface area contributed by atoms with Gasteiger partial charge in [0.15, 0.2) is 0 Å². The van der Waals surface area contributed by atoms with E-state index in [1.165, 1.54) is 11.1 Å². The van der Waals surface area contributed by atoms with Gasteiger partial charge in [0.25, 0.3) is 0 Å². The van der Waals surface area contributed by atoms with Gasteiger partial charge in [0.05, 0.1) is 13.2 Å². The quantitative estimate of drug-likeness (QED) is 0.915. The summed E-state index contributed by atoms with van der Waals surface area (Å²) in [7, 11) is 1.56. The molecule has 0 bridgehead atoms. The van der Waals surface area contributed by atoms with Crippen molar-refractivity contribution >= 4 is 0 Å². The van der Waals surface area contributed by atoms with Crippen molar-refractivity contribution in [1.29, 1.82) is 0 Å². The van der Waals surface area contributed by atoms with E-state index in [9.17, 15) is 5.11 Å². The van der Waals surface area contributed by atoms with Crippen molar-refractivity contribution in [3.05, 3.63) is 58.8 Å². The Hall–Kier alpha value is -1.87. The minimum atomic E-state index is -0.607. The van der Waals surface area contributed by atoms with Crippen LogP contribution in [0.15, 0.2) is 36.5 Å². The number of pyridine rings is 1. The van der Waals surface area contributed by atoms with Gasteiger partial charge in [0, 0.05) is 18.2 Å². The lowest BCUT2D eigenvalue weighted by Gasteiger charge is -2.14. The van der Waals surface area contributed by atoms with Gasteiger partial charge in [-0.05, 0) is 31.5 Å². The van der Waals surface area contributed by atoms with Crippen LogP contribution in [-0.2, 0) is 6.42 Å². The van der Waals surface area contributed by atoms with E-state index in [1.54, 1.807) is 13.3 Å². The second kappa shape index (κ2) is 5.85. The number of hydrogen-bond donors (Lipinski definition) is 1. The number of benzene rings is 1. The van der Waals surface area contributed by atoms with Gasteiger partial charge in [-0.1, -0.05) is 29.3 Å². The van der Waals surface area contributed by atoms with Crippen LogP contribution < -0.4 is 4.74 Å². The summed E-state index contributed by atoms with van der Waals surface area (Å²) >= 11 is 0. The zero-order valence-electron chi connectivity index (χ0n) is 11.6. The van der Waals surface area contributed by atoms with Crippen LogP contribution in [0.2, 0.25) is 0 Å². The molecule has 1 aromatic carbocycles. The molecule has 0 aliphatic rings. The number of aliphatic hydroxyl groups is 1. The summed E-state index contributed by atoms with van der Waals surface area (Å²) < 4.78 is 5.18. The number of rotatable bonds is 4. The molecule has 19 heavy (non-hydrogen) atoms. The maximum Gasteiger partial charge on any atom is 0.218 e. The van der Waals surface area contributed by atoms with Crippen LogP contribution in [0.3, 0.4) is 0 Å². The van der Waals surface area contributed by atoms with Gasteiger partial charge in [-0.2, -0.15) is 0 Å². The second-order valence-corrected chi connectivity index (χ2v) is 4.82. The van der Waals surface area contributed by atoms with Crippen LogP contribution in [0.5, 0.6) is 5.88 Å². The largest absolute Gasteiger partial charge is 0.481 e. The molecule has 0 amide bonds. The maximum absolute atomic E-state index is 10.3. The minimum Gasteiger partial charge on any atom is -0.481 e. The number of hydrogen-bond acceptors (Lipinski definition) is 3. The third-order valence-electron chi connectivity index (χ3n) is 3.06. The van der Waals surface area contributed by atoms with Gasteiger partial charge in [0.2, 0.25) is 5.88 Å². The monoisotopic (exact) mass is 257 g/mol. The van der Waals surface area contributed by atoms with Crippen molar-refractivity contribution in [2.75, 3.05) is 7.11 Å². The number of methoxy groups -OCH3 is 1. The van der Waals surface area contributed by atoms with Gasteiger partial charge in [-0.25, -0.2) is 4.98 Å². The van der Waals surface area contributed by atoms with E-state index in [4.69, 9.17) is 4.74 Å². The molecular formula is C16H19NO2. The minimum absolute atomic E-state index is 0.486. The third-order valence-corrected chi connectivity index (χ3v) is 3.06. The van der Waals surface area contributed by atoms with E-state index < -0.39 is 6.10 Å². The number of nitrogens with zero attached hydrogens (tertiary/aromatic N) is 1. The molecule has 3 heteroatoms. The summed E-state index contributed by atoms with van der Waals surface area (Å²) in [6.45, 7) is 4.13. The van der Waals surface area contributed by atoms with Gasteiger partial charge in [-0.15, -0.1) is 0 Å². The molecule has 2 rings (SSSR count). The number of aryl methyl sites for hydroxylation is 2. The second-order valence-electron chi connectivity index (χ2n) is 4.82. The molecule has 3 nitrogen and oxygen atoms in total. The first kappa shape index (κ1) is 13.6. The molecule has 0 saturated heterocycles. The summed E-state index contributed by atoms with van der Waals surface area (Å²) in [5.41, 5.74) is 4.26. The molecule has 1 atom stereocenters. The van der Waals surface area contributed by atoms with Crippen LogP contribution in [0.4, 0.5) is 0 Å². The highest BCUT2D eigenvalue weighted by atomic mass is 16.5. The maximum atomic E-state index is 10.3. The molecule has 0 saturated carbocycles. The van der Waals surface area contributed by atoms with Crippen molar-refractivity contribution in [3.63, 3.8) is 0 Å². The van der Waals surface area contributed by atoms with E-state index in [-0.39, 0.29) is 0 Å². The Labute approximate surface area is 113 Å². The van der Waals surface area contributed by atoms with E-state index in [2.05, 4.69) is 37.0 Å². The average Bonchev–Trinajstić information content (AvgIpc) is 2.37. The van der Waals surface area contributed by atoms with E-state index in [1.807, 2.05) is 12.1 Å². The molecule has 1 unspecified atom stereocenters. The lowest BCUT2D eigenvalue weighted by Crippen LogP contribution is -2.05. The number of aliphatic hydroxyl groups excluding tert-OH is 1. The highest BCUT2D eigenvalue weighted by molar-refractivity contribution is 5.32. The average molecular weight is 257 g/mol. The van der Waals surface area contributed by atoms with Gasteiger partial charge in [-0.3, -0.25) is 0 Å². The van der Waals surface area contributed by atoms with Gasteiger partial charge < -0.3 is 9.84 Å². The number of ether oxygens (including phenoxy) is 1. The zero-order valence-corrected chi connectivity index (χ0v) is 11.6. The van der Waals surface area contributed by atoms with Crippen LogP contribution in [0.25, 0.3) is 0 Å². The van der Waals surface area contributed by atoms with Gasteiger partial charge >= 0.3 is 0 Å². The van der Waals surface area contributed by atoms with E-state index in [0.717, 1.165) is 11.1 Å². The first-order valence-corrected chi connectivity index (χ1v) is 6.34. The molecule has 0 aliphatic heterocycles. The van der Waals surface area contributed by atoms with Crippen molar-refractivity contribution in [1.82, 2.24) is 4.98 Å². The van der Waals surface area contributed by atoms with Crippen LogP contribution in [0.1, 0.15) is 28.4 Å². The lowest BCUT2D eigenvalue weighted by molar-refractivity contribution is 0.173. The van der Waals surface area contributed by atoms with Crippen molar-refractivity contribution in [2.45, 2.75) is 26.4 Å². The fourth-order valence-electron chi connectivity index (χ4n) is 2.35. The fraction of sp³-hybridized carbons (Fsp3) is 0.312. The Morgan fingerprint density at radius 1 is 1.21 bits per heavy atom. The van der Waals surface area contributed by atoms with Crippen molar-refractivity contribution in [3.8, 4) is 5.88 Å². The summed E-state index contributed by atoms with van der Waals surface area (Å²) in [5.74, 6) is 0.486. The smallest absolute Gasteiger partial charge is 0.218 e. The lowest BCUT2D eigenvalue weighted by atomic mass is 9.99.